The zero-order valence-corrected chi connectivity index (χ0v) is 14.8. The van der Waals surface area contributed by atoms with Crippen LogP contribution in [0.1, 0.15) is 17.2 Å². The molecule has 2 heterocycles. The van der Waals surface area contributed by atoms with Gasteiger partial charge in [0, 0.05) is 6.20 Å². The van der Waals surface area contributed by atoms with Gasteiger partial charge >= 0.3 is 0 Å². The molecule has 8 heteroatoms. The third-order valence-corrected chi connectivity index (χ3v) is 6.22. The summed E-state index contributed by atoms with van der Waals surface area (Å²) in [6.07, 6.45) is 1.76. The maximum Gasteiger partial charge on any atom is 0.233 e. The number of fused-ring (bicyclic) bond motifs is 1. The van der Waals surface area contributed by atoms with Gasteiger partial charge in [0.15, 0.2) is 9.84 Å². The van der Waals surface area contributed by atoms with E-state index < -0.39 is 15.9 Å². The topological polar surface area (TPSA) is 87.6 Å². The van der Waals surface area contributed by atoms with Crippen molar-refractivity contribution < 1.29 is 18.4 Å². The Hall–Kier alpha value is -2.29. The standard InChI is InChI=1S/C17H16N2O4S2/c20-12-19(21)16(14-4-2-1-3-5-14)11-25(22,23)10-13-8-17-15(18-9-13)6-7-24-17/h1-9,12,16,21H,10-11H2. The third-order valence-electron chi connectivity index (χ3n) is 3.77. The van der Waals surface area contributed by atoms with Crippen LogP contribution in [0.3, 0.4) is 0 Å². The molecule has 6 nitrogen and oxygen atoms in total. The highest BCUT2D eigenvalue weighted by atomic mass is 32.2. The Morgan fingerprint density at radius 3 is 2.72 bits per heavy atom. The fraction of sp³-hybridized carbons (Fsp3) is 0.176. The van der Waals surface area contributed by atoms with Gasteiger partial charge in [0.25, 0.3) is 0 Å². The van der Waals surface area contributed by atoms with Crippen LogP contribution >= 0.6 is 11.3 Å². The average molecular weight is 376 g/mol. The lowest BCUT2D eigenvalue weighted by Gasteiger charge is -2.22. The van der Waals surface area contributed by atoms with Gasteiger partial charge < -0.3 is 0 Å². The van der Waals surface area contributed by atoms with Crippen molar-refractivity contribution >= 4 is 37.8 Å². The number of benzene rings is 1. The molecule has 1 atom stereocenters. The summed E-state index contributed by atoms with van der Waals surface area (Å²) in [6, 6.07) is 11.3. The Morgan fingerprint density at radius 1 is 1.24 bits per heavy atom. The number of amides is 1. The van der Waals surface area contributed by atoms with Gasteiger partial charge in [-0.25, -0.2) is 13.5 Å². The first kappa shape index (κ1) is 17.5. The van der Waals surface area contributed by atoms with Crippen molar-refractivity contribution in [1.82, 2.24) is 10.0 Å². The van der Waals surface area contributed by atoms with Crippen LogP contribution in [0.15, 0.2) is 54.0 Å². The number of hydrogen-bond donors (Lipinski definition) is 1. The third kappa shape index (κ3) is 4.22. The highest BCUT2D eigenvalue weighted by Gasteiger charge is 2.25. The van der Waals surface area contributed by atoms with E-state index in [9.17, 15) is 18.4 Å². The second-order valence-electron chi connectivity index (χ2n) is 5.61. The molecule has 25 heavy (non-hydrogen) atoms. The molecule has 0 saturated carbocycles. The van der Waals surface area contributed by atoms with E-state index >= 15 is 0 Å². The van der Waals surface area contributed by atoms with Crippen LogP contribution in [0.25, 0.3) is 10.2 Å². The van der Waals surface area contributed by atoms with Gasteiger partial charge in [0.2, 0.25) is 6.41 Å². The molecule has 0 fully saturated rings. The van der Waals surface area contributed by atoms with E-state index in [0.717, 1.165) is 10.2 Å². The van der Waals surface area contributed by atoms with Crippen LogP contribution < -0.4 is 0 Å². The molecule has 3 aromatic rings. The number of pyridine rings is 1. The van der Waals surface area contributed by atoms with Crippen LogP contribution in [0, 0.1) is 0 Å². The number of hydrogen-bond acceptors (Lipinski definition) is 6. The first-order chi connectivity index (χ1) is 12.0. The van der Waals surface area contributed by atoms with Crippen molar-refractivity contribution in [3.8, 4) is 0 Å². The predicted octanol–water partition coefficient (Wildman–Crippen LogP) is 2.80. The molecular formula is C17H16N2O4S2. The lowest BCUT2D eigenvalue weighted by Crippen LogP contribution is -2.30. The zero-order valence-electron chi connectivity index (χ0n) is 13.1. The summed E-state index contributed by atoms with van der Waals surface area (Å²) in [5, 5.41) is 12.1. The van der Waals surface area contributed by atoms with Crippen LogP contribution in [0.2, 0.25) is 0 Å². The summed E-state index contributed by atoms with van der Waals surface area (Å²) in [7, 11) is -3.58. The van der Waals surface area contributed by atoms with E-state index in [1.54, 1.807) is 42.6 Å². The minimum Gasteiger partial charge on any atom is -0.285 e. The number of nitrogens with zero attached hydrogens (tertiary/aromatic N) is 2. The van der Waals surface area contributed by atoms with E-state index in [4.69, 9.17) is 0 Å². The minimum absolute atomic E-state index is 0.204. The number of carbonyl (C=O) groups excluding carboxylic acids is 1. The van der Waals surface area contributed by atoms with E-state index in [-0.39, 0.29) is 17.9 Å². The smallest absolute Gasteiger partial charge is 0.233 e. The Morgan fingerprint density at radius 2 is 2.00 bits per heavy atom. The monoisotopic (exact) mass is 376 g/mol. The largest absolute Gasteiger partial charge is 0.285 e. The highest BCUT2D eigenvalue weighted by Crippen LogP contribution is 2.24. The maximum atomic E-state index is 12.6. The average Bonchev–Trinajstić information content (AvgIpc) is 3.07. The van der Waals surface area contributed by atoms with Gasteiger partial charge in [-0.3, -0.25) is 15.0 Å². The van der Waals surface area contributed by atoms with Gasteiger partial charge in [-0.05, 0) is 28.6 Å². The van der Waals surface area contributed by atoms with E-state index in [1.807, 2.05) is 11.4 Å². The summed E-state index contributed by atoms with van der Waals surface area (Å²) >= 11 is 1.49. The molecule has 1 aromatic carbocycles. The number of hydroxylamine groups is 2. The number of carbonyl (C=O) groups is 1. The van der Waals surface area contributed by atoms with Crippen molar-refractivity contribution in [1.29, 1.82) is 0 Å². The molecule has 1 unspecified atom stereocenters. The molecule has 3 rings (SSSR count). The summed E-state index contributed by atoms with van der Waals surface area (Å²) in [5.74, 6) is -0.585. The van der Waals surface area contributed by atoms with Gasteiger partial charge in [0.05, 0.1) is 27.8 Å². The van der Waals surface area contributed by atoms with Gasteiger partial charge in [-0.1, -0.05) is 30.3 Å². The fourth-order valence-electron chi connectivity index (χ4n) is 2.59. The Balaban J connectivity index is 1.83. The van der Waals surface area contributed by atoms with Gasteiger partial charge in [-0.2, -0.15) is 0 Å². The summed E-state index contributed by atoms with van der Waals surface area (Å²) in [5.41, 5.74) is 1.96. The number of aromatic nitrogens is 1. The second kappa shape index (κ2) is 7.30. The maximum absolute atomic E-state index is 12.6. The van der Waals surface area contributed by atoms with Crippen molar-refractivity contribution in [3.63, 3.8) is 0 Å². The molecule has 0 radical (unpaired) electrons. The highest BCUT2D eigenvalue weighted by molar-refractivity contribution is 7.90. The molecule has 0 aliphatic heterocycles. The predicted molar refractivity (Wildman–Crippen MR) is 96.0 cm³/mol. The van der Waals surface area contributed by atoms with Crippen molar-refractivity contribution in [2.75, 3.05) is 5.75 Å². The SMILES string of the molecule is O=CN(O)C(CS(=O)(=O)Cc1cnc2ccsc2c1)c1ccccc1. The second-order valence-corrected chi connectivity index (χ2v) is 8.67. The molecule has 0 bridgehead atoms. The molecular weight excluding hydrogens is 360 g/mol. The van der Waals surface area contributed by atoms with Crippen molar-refractivity contribution in [2.45, 2.75) is 11.8 Å². The molecule has 1 amide bonds. The van der Waals surface area contributed by atoms with Crippen molar-refractivity contribution in [2.24, 2.45) is 0 Å². The molecule has 130 valence electrons. The van der Waals surface area contributed by atoms with Gasteiger partial charge in [-0.15, -0.1) is 11.3 Å². The molecule has 0 spiro atoms. The molecule has 2 aromatic heterocycles. The molecule has 0 saturated heterocycles. The summed E-state index contributed by atoms with van der Waals surface area (Å²) in [6.45, 7) is 0. The number of thiophene rings is 1. The molecule has 1 N–H and O–H groups in total. The van der Waals surface area contributed by atoms with Crippen LogP contribution in [-0.2, 0) is 20.4 Å². The Bertz CT molecular complexity index is 970. The normalized spacial score (nSPS) is 12.8. The van der Waals surface area contributed by atoms with E-state index in [1.165, 1.54) is 11.3 Å². The van der Waals surface area contributed by atoms with Crippen LogP contribution in [0.5, 0.6) is 0 Å². The number of sulfone groups is 1. The van der Waals surface area contributed by atoms with E-state index in [0.29, 0.717) is 16.2 Å². The van der Waals surface area contributed by atoms with E-state index in [2.05, 4.69) is 4.98 Å². The number of rotatable bonds is 7. The van der Waals surface area contributed by atoms with Crippen LogP contribution in [0.4, 0.5) is 0 Å². The summed E-state index contributed by atoms with van der Waals surface area (Å²) < 4.78 is 26.1. The Kier molecular flexibility index (Phi) is 5.12. The van der Waals surface area contributed by atoms with Crippen molar-refractivity contribution in [3.05, 3.63) is 65.2 Å². The Labute approximate surface area is 149 Å². The quantitative estimate of drug-likeness (QED) is 0.389. The molecule has 0 aliphatic carbocycles. The van der Waals surface area contributed by atoms with Gasteiger partial charge in [0.1, 0.15) is 0 Å². The zero-order chi connectivity index (χ0) is 17.9. The van der Waals surface area contributed by atoms with Crippen LogP contribution in [-0.4, -0.2) is 35.8 Å². The first-order valence-electron chi connectivity index (χ1n) is 7.48. The lowest BCUT2D eigenvalue weighted by molar-refractivity contribution is -0.158. The summed E-state index contributed by atoms with van der Waals surface area (Å²) in [4.78, 5) is 15.2. The first-order valence-corrected chi connectivity index (χ1v) is 10.2. The fourth-order valence-corrected chi connectivity index (χ4v) is 5.01. The molecule has 0 aliphatic rings. The minimum atomic E-state index is -3.58. The lowest BCUT2D eigenvalue weighted by atomic mass is 10.1.